The second-order valence-electron chi connectivity index (χ2n) is 5.54. The molecule has 1 heterocycles. The minimum atomic E-state index is 0.618. The van der Waals surface area contributed by atoms with Crippen molar-refractivity contribution in [2.24, 2.45) is 5.92 Å². The molecule has 3 heteroatoms. The zero-order chi connectivity index (χ0) is 12.7. The van der Waals surface area contributed by atoms with Gasteiger partial charge in [0.25, 0.3) is 0 Å². The quantitative estimate of drug-likeness (QED) is 0.740. The number of hydrogen-bond donors (Lipinski definition) is 1. The molecule has 0 radical (unpaired) electrons. The number of ether oxygens (including phenoxy) is 1. The summed E-state index contributed by atoms with van der Waals surface area (Å²) in [5.74, 6) is 0.839. The Hall–Kier alpha value is -0.120. The van der Waals surface area contributed by atoms with E-state index in [1.807, 2.05) is 0 Å². The fourth-order valence-electron chi connectivity index (χ4n) is 2.64. The van der Waals surface area contributed by atoms with Crippen LogP contribution in [0.2, 0.25) is 0 Å². The Morgan fingerprint density at radius 2 is 1.94 bits per heavy atom. The van der Waals surface area contributed by atoms with Crippen LogP contribution in [0.3, 0.4) is 0 Å². The molecule has 2 unspecified atom stereocenters. The SMILES string of the molecule is CCNC(C)CC(C)N(C)CC1CCOCC1. The number of rotatable bonds is 7. The van der Waals surface area contributed by atoms with Gasteiger partial charge in [0, 0.05) is 31.8 Å². The molecule has 1 saturated heterocycles. The van der Waals surface area contributed by atoms with E-state index in [-0.39, 0.29) is 0 Å². The lowest BCUT2D eigenvalue weighted by molar-refractivity contribution is 0.0503. The second kappa shape index (κ2) is 8.06. The molecule has 0 spiro atoms. The van der Waals surface area contributed by atoms with E-state index >= 15 is 0 Å². The van der Waals surface area contributed by atoms with Crippen molar-refractivity contribution in [1.29, 1.82) is 0 Å². The number of nitrogens with one attached hydrogen (secondary N) is 1. The highest BCUT2D eigenvalue weighted by Crippen LogP contribution is 2.17. The van der Waals surface area contributed by atoms with Crippen LogP contribution in [0.1, 0.15) is 40.0 Å². The Kier molecular flexibility index (Phi) is 7.09. The van der Waals surface area contributed by atoms with Gasteiger partial charge in [-0.05, 0) is 52.6 Å². The highest BCUT2D eigenvalue weighted by atomic mass is 16.5. The summed E-state index contributed by atoms with van der Waals surface area (Å²) in [6.45, 7) is 11.0. The van der Waals surface area contributed by atoms with Crippen molar-refractivity contribution in [3.8, 4) is 0 Å². The van der Waals surface area contributed by atoms with Gasteiger partial charge in [0.2, 0.25) is 0 Å². The Morgan fingerprint density at radius 1 is 1.29 bits per heavy atom. The predicted octanol–water partition coefficient (Wildman–Crippen LogP) is 2.12. The van der Waals surface area contributed by atoms with Crippen molar-refractivity contribution in [2.45, 2.75) is 52.1 Å². The first-order chi connectivity index (χ1) is 8.13. The Morgan fingerprint density at radius 3 is 2.53 bits per heavy atom. The van der Waals surface area contributed by atoms with Gasteiger partial charge >= 0.3 is 0 Å². The normalized spacial score (nSPS) is 21.7. The smallest absolute Gasteiger partial charge is 0.0469 e. The van der Waals surface area contributed by atoms with E-state index in [1.54, 1.807) is 0 Å². The molecule has 1 aliphatic heterocycles. The molecule has 0 aliphatic carbocycles. The minimum Gasteiger partial charge on any atom is -0.381 e. The van der Waals surface area contributed by atoms with Crippen LogP contribution in [0.25, 0.3) is 0 Å². The van der Waals surface area contributed by atoms with Crippen molar-refractivity contribution in [3.63, 3.8) is 0 Å². The maximum atomic E-state index is 5.41. The van der Waals surface area contributed by atoms with Gasteiger partial charge in [-0.3, -0.25) is 0 Å². The van der Waals surface area contributed by atoms with Gasteiger partial charge < -0.3 is 15.0 Å². The van der Waals surface area contributed by atoms with Crippen LogP contribution in [-0.2, 0) is 4.74 Å². The van der Waals surface area contributed by atoms with Gasteiger partial charge in [0.05, 0.1) is 0 Å². The van der Waals surface area contributed by atoms with Crippen LogP contribution in [0.4, 0.5) is 0 Å². The largest absolute Gasteiger partial charge is 0.381 e. The molecule has 0 saturated carbocycles. The zero-order valence-electron chi connectivity index (χ0n) is 12.0. The monoisotopic (exact) mass is 242 g/mol. The first kappa shape index (κ1) is 14.9. The number of hydrogen-bond acceptors (Lipinski definition) is 3. The third kappa shape index (κ3) is 5.84. The minimum absolute atomic E-state index is 0.618. The summed E-state index contributed by atoms with van der Waals surface area (Å²) in [7, 11) is 2.26. The molecule has 102 valence electrons. The van der Waals surface area contributed by atoms with E-state index in [1.165, 1.54) is 25.8 Å². The highest BCUT2D eigenvalue weighted by Gasteiger charge is 2.19. The molecule has 17 heavy (non-hydrogen) atoms. The van der Waals surface area contributed by atoms with Crippen molar-refractivity contribution >= 4 is 0 Å². The summed E-state index contributed by atoms with van der Waals surface area (Å²) in [6.07, 6.45) is 3.70. The molecule has 0 amide bonds. The topological polar surface area (TPSA) is 24.5 Å². The zero-order valence-corrected chi connectivity index (χ0v) is 12.0. The fraction of sp³-hybridized carbons (Fsp3) is 1.00. The molecule has 1 aliphatic rings. The molecule has 0 aromatic rings. The van der Waals surface area contributed by atoms with E-state index < -0.39 is 0 Å². The first-order valence-corrected chi connectivity index (χ1v) is 7.14. The Labute approximate surface area is 107 Å². The highest BCUT2D eigenvalue weighted by molar-refractivity contribution is 4.74. The molecular weight excluding hydrogens is 212 g/mol. The fourth-order valence-corrected chi connectivity index (χ4v) is 2.64. The lowest BCUT2D eigenvalue weighted by Gasteiger charge is -2.32. The summed E-state index contributed by atoms with van der Waals surface area (Å²) < 4.78 is 5.41. The lowest BCUT2D eigenvalue weighted by atomic mass is 9.98. The van der Waals surface area contributed by atoms with E-state index in [9.17, 15) is 0 Å². The second-order valence-corrected chi connectivity index (χ2v) is 5.54. The first-order valence-electron chi connectivity index (χ1n) is 7.14. The Balaban J connectivity index is 2.22. The van der Waals surface area contributed by atoms with Crippen molar-refractivity contribution < 1.29 is 4.74 Å². The van der Waals surface area contributed by atoms with E-state index in [4.69, 9.17) is 4.74 Å². The van der Waals surface area contributed by atoms with Crippen molar-refractivity contribution in [1.82, 2.24) is 10.2 Å². The van der Waals surface area contributed by atoms with Crippen LogP contribution in [-0.4, -0.2) is 50.3 Å². The molecule has 0 aromatic carbocycles. The van der Waals surface area contributed by atoms with E-state index in [0.29, 0.717) is 12.1 Å². The van der Waals surface area contributed by atoms with Crippen LogP contribution in [0, 0.1) is 5.92 Å². The van der Waals surface area contributed by atoms with Gasteiger partial charge in [-0.15, -0.1) is 0 Å². The molecule has 1 rings (SSSR count). The maximum Gasteiger partial charge on any atom is 0.0469 e. The molecule has 3 nitrogen and oxygen atoms in total. The van der Waals surface area contributed by atoms with E-state index in [0.717, 1.165) is 25.7 Å². The third-order valence-electron chi connectivity index (χ3n) is 3.89. The van der Waals surface area contributed by atoms with Crippen LogP contribution < -0.4 is 5.32 Å². The average molecular weight is 242 g/mol. The lowest BCUT2D eigenvalue weighted by Crippen LogP contribution is -2.39. The van der Waals surface area contributed by atoms with Crippen molar-refractivity contribution in [3.05, 3.63) is 0 Å². The van der Waals surface area contributed by atoms with Crippen molar-refractivity contribution in [2.75, 3.05) is 33.4 Å². The standard InChI is InChI=1S/C14H30N2O/c1-5-15-12(2)10-13(3)16(4)11-14-6-8-17-9-7-14/h12-15H,5-11H2,1-4H3. The van der Waals surface area contributed by atoms with Gasteiger partial charge in [0.15, 0.2) is 0 Å². The molecule has 0 aromatic heterocycles. The van der Waals surface area contributed by atoms with Crippen LogP contribution >= 0.6 is 0 Å². The van der Waals surface area contributed by atoms with E-state index in [2.05, 4.69) is 38.0 Å². The van der Waals surface area contributed by atoms with Gasteiger partial charge in [-0.2, -0.15) is 0 Å². The summed E-state index contributed by atoms with van der Waals surface area (Å²) in [5.41, 5.74) is 0. The van der Waals surface area contributed by atoms with Crippen LogP contribution in [0.15, 0.2) is 0 Å². The number of nitrogens with zero attached hydrogens (tertiary/aromatic N) is 1. The molecule has 0 bridgehead atoms. The van der Waals surface area contributed by atoms with Crippen LogP contribution in [0.5, 0.6) is 0 Å². The Bertz CT molecular complexity index is 193. The summed E-state index contributed by atoms with van der Waals surface area (Å²) >= 11 is 0. The predicted molar refractivity (Wildman–Crippen MR) is 73.4 cm³/mol. The average Bonchev–Trinajstić information content (AvgIpc) is 2.30. The summed E-state index contributed by atoms with van der Waals surface area (Å²) in [5, 5.41) is 3.49. The maximum absolute atomic E-state index is 5.41. The molecule has 1 N–H and O–H groups in total. The molecular formula is C14H30N2O. The summed E-state index contributed by atoms with van der Waals surface area (Å²) in [6, 6.07) is 1.28. The molecule has 2 atom stereocenters. The molecule has 1 fully saturated rings. The summed E-state index contributed by atoms with van der Waals surface area (Å²) in [4.78, 5) is 2.52. The van der Waals surface area contributed by atoms with Gasteiger partial charge in [-0.25, -0.2) is 0 Å². The van der Waals surface area contributed by atoms with Gasteiger partial charge in [-0.1, -0.05) is 6.92 Å². The third-order valence-corrected chi connectivity index (χ3v) is 3.89. The van der Waals surface area contributed by atoms with Gasteiger partial charge in [0.1, 0.15) is 0 Å².